The van der Waals surface area contributed by atoms with E-state index in [2.05, 4.69) is 20.8 Å². The van der Waals surface area contributed by atoms with Gasteiger partial charge in [-0.15, -0.1) is 16.4 Å². The Balaban J connectivity index is 1.51. The summed E-state index contributed by atoms with van der Waals surface area (Å²) in [5.41, 5.74) is 3.17. The molecule has 1 amide bonds. The quantitative estimate of drug-likeness (QED) is 0.517. The zero-order valence-corrected chi connectivity index (χ0v) is 16.8. The normalized spacial score (nSPS) is 15.7. The fraction of sp³-hybridized carbons (Fsp3) is 0.0909. The molecule has 30 heavy (non-hydrogen) atoms. The summed E-state index contributed by atoms with van der Waals surface area (Å²) >= 11 is 1.56. The Labute approximate surface area is 176 Å². The van der Waals surface area contributed by atoms with Gasteiger partial charge < -0.3 is 15.1 Å². The van der Waals surface area contributed by atoms with Gasteiger partial charge in [0.2, 0.25) is 6.17 Å². The molecule has 3 heterocycles. The highest BCUT2D eigenvalue weighted by Gasteiger charge is 2.27. The van der Waals surface area contributed by atoms with E-state index in [0.29, 0.717) is 17.3 Å². The molecule has 1 unspecified atom stereocenters. The van der Waals surface area contributed by atoms with Gasteiger partial charge in [-0.2, -0.15) is 0 Å². The molecule has 0 aliphatic carbocycles. The molecule has 1 aliphatic rings. The molecule has 148 valence electrons. The van der Waals surface area contributed by atoms with E-state index in [1.54, 1.807) is 11.3 Å². The second-order valence-electron chi connectivity index (χ2n) is 6.75. The van der Waals surface area contributed by atoms with Gasteiger partial charge in [-0.3, -0.25) is 4.79 Å². The van der Waals surface area contributed by atoms with Gasteiger partial charge in [-0.1, -0.05) is 53.6 Å². The molecule has 1 aliphatic heterocycles. The number of nitrogens with zero attached hydrogens (tertiary/aromatic N) is 3. The van der Waals surface area contributed by atoms with Crippen molar-refractivity contribution in [1.82, 2.24) is 10.2 Å². The van der Waals surface area contributed by atoms with Crippen LogP contribution in [0.25, 0.3) is 10.8 Å². The molecule has 5 rings (SSSR count). The molecule has 7 nitrogen and oxygen atoms in total. The first-order valence-corrected chi connectivity index (χ1v) is 10.2. The van der Waals surface area contributed by atoms with Crippen LogP contribution in [0.5, 0.6) is 0 Å². The molecule has 0 saturated heterocycles. The molecule has 1 atom stereocenters. The molecule has 0 saturated carbocycles. The lowest BCUT2D eigenvalue weighted by Gasteiger charge is -2.11. The number of anilines is 2. The van der Waals surface area contributed by atoms with Crippen LogP contribution in [0.2, 0.25) is 0 Å². The lowest BCUT2D eigenvalue weighted by atomic mass is 10.0. The average molecular weight is 415 g/mol. The van der Waals surface area contributed by atoms with Crippen molar-refractivity contribution < 1.29 is 9.21 Å². The number of hydrogen-bond acceptors (Lipinski definition) is 7. The lowest BCUT2D eigenvalue weighted by molar-refractivity contribution is -0.116. The third-order valence-corrected chi connectivity index (χ3v) is 5.62. The minimum atomic E-state index is -0.925. The number of aromatic nitrogens is 2. The van der Waals surface area contributed by atoms with Crippen molar-refractivity contribution in [3.8, 4) is 10.8 Å². The molecular weight excluding hydrogens is 398 g/mol. The van der Waals surface area contributed by atoms with Crippen LogP contribution < -0.4 is 10.6 Å². The second kappa shape index (κ2) is 7.57. The van der Waals surface area contributed by atoms with Gasteiger partial charge in [-0.05, 0) is 25.1 Å². The Bertz CT molecular complexity index is 1250. The number of aryl methyl sites for hydroxylation is 1. The predicted octanol–water partition coefficient (Wildman–Crippen LogP) is 4.33. The number of carbonyl (C=O) groups excluding carboxylic acids is 1. The summed E-state index contributed by atoms with van der Waals surface area (Å²) in [7, 11) is 0. The number of carbonyl (C=O) groups is 1. The van der Waals surface area contributed by atoms with E-state index in [0.717, 1.165) is 20.9 Å². The number of fused-ring (bicyclic) bond motifs is 1. The van der Waals surface area contributed by atoms with Crippen LogP contribution in [0.3, 0.4) is 0 Å². The first-order valence-electron chi connectivity index (χ1n) is 9.38. The van der Waals surface area contributed by atoms with Crippen molar-refractivity contribution in [3.63, 3.8) is 0 Å². The van der Waals surface area contributed by atoms with Crippen LogP contribution in [-0.2, 0) is 4.79 Å². The van der Waals surface area contributed by atoms with Crippen LogP contribution in [0.4, 0.5) is 11.7 Å². The smallest absolute Gasteiger partial charge is 0.317 e. The summed E-state index contributed by atoms with van der Waals surface area (Å²) in [5.74, 6) is 0.0975. The van der Waals surface area contributed by atoms with Crippen molar-refractivity contribution >= 4 is 34.7 Å². The summed E-state index contributed by atoms with van der Waals surface area (Å²) in [6, 6.07) is 21.4. The molecular formula is C22H17N5O2S. The summed E-state index contributed by atoms with van der Waals surface area (Å²) in [5, 5.41) is 14.0. The van der Waals surface area contributed by atoms with Crippen LogP contribution in [0.15, 0.2) is 76.1 Å². The van der Waals surface area contributed by atoms with Crippen LogP contribution >= 0.6 is 11.3 Å². The lowest BCUT2D eigenvalue weighted by Crippen LogP contribution is -2.32. The Kier molecular flexibility index (Phi) is 4.61. The molecule has 2 aromatic carbocycles. The predicted molar refractivity (Wildman–Crippen MR) is 117 cm³/mol. The molecule has 2 N–H and O–H groups in total. The van der Waals surface area contributed by atoms with Gasteiger partial charge in [0, 0.05) is 16.0 Å². The average Bonchev–Trinajstić information content (AvgIpc) is 3.38. The summed E-state index contributed by atoms with van der Waals surface area (Å²) < 4.78 is 5.72. The first kappa shape index (κ1) is 18.3. The van der Waals surface area contributed by atoms with E-state index in [-0.39, 0.29) is 11.9 Å². The highest BCUT2D eigenvalue weighted by Crippen LogP contribution is 2.28. The van der Waals surface area contributed by atoms with E-state index in [9.17, 15) is 4.79 Å². The highest BCUT2D eigenvalue weighted by atomic mass is 32.1. The summed E-state index contributed by atoms with van der Waals surface area (Å²) in [6.45, 7) is 2.01. The molecule has 8 heteroatoms. The van der Waals surface area contributed by atoms with Crippen molar-refractivity contribution in [2.24, 2.45) is 4.99 Å². The Morgan fingerprint density at radius 1 is 1.00 bits per heavy atom. The number of para-hydroxylation sites is 1. The maximum Gasteiger partial charge on any atom is 0.317 e. The Morgan fingerprint density at radius 3 is 2.60 bits per heavy atom. The summed E-state index contributed by atoms with van der Waals surface area (Å²) in [6.07, 6.45) is -0.925. The third kappa shape index (κ3) is 3.48. The fourth-order valence-electron chi connectivity index (χ4n) is 3.23. The number of hydrogen-bond donors (Lipinski definition) is 2. The van der Waals surface area contributed by atoms with Gasteiger partial charge in [0.05, 0.1) is 16.3 Å². The Hall–Kier alpha value is -3.78. The molecule has 0 spiro atoms. The number of nitrogens with one attached hydrogen (secondary N) is 2. The number of rotatable bonds is 4. The van der Waals surface area contributed by atoms with Crippen molar-refractivity contribution in [2.75, 3.05) is 10.6 Å². The minimum Gasteiger partial charge on any atom is -0.402 e. The van der Waals surface area contributed by atoms with Crippen LogP contribution in [0, 0.1) is 6.92 Å². The number of aliphatic imine (C=N–C) groups is 1. The molecule has 4 aromatic rings. The monoisotopic (exact) mass is 415 g/mol. The van der Waals surface area contributed by atoms with Crippen LogP contribution in [-0.4, -0.2) is 28.0 Å². The first-order chi connectivity index (χ1) is 14.7. The zero-order valence-electron chi connectivity index (χ0n) is 16.0. The van der Waals surface area contributed by atoms with Crippen LogP contribution in [0.1, 0.15) is 16.0 Å². The van der Waals surface area contributed by atoms with Gasteiger partial charge >= 0.3 is 6.01 Å². The molecule has 0 fully saturated rings. The Morgan fingerprint density at radius 2 is 1.80 bits per heavy atom. The topological polar surface area (TPSA) is 92.4 Å². The number of benzene rings is 2. The fourth-order valence-corrected chi connectivity index (χ4v) is 4.02. The zero-order chi connectivity index (χ0) is 20.5. The van der Waals surface area contributed by atoms with E-state index >= 15 is 0 Å². The molecule has 0 radical (unpaired) electrons. The van der Waals surface area contributed by atoms with Gasteiger partial charge in [-0.25, -0.2) is 4.99 Å². The summed E-state index contributed by atoms with van der Waals surface area (Å²) in [4.78, 5) is 19.6. The van der Waals surface area contributed by atoms with Crippen molar-refractivity contribution in [3.05, 3.63) is 82.7 Å². The van der Waals surface area contributed by atoms with Crippen molar-refractivity contribution in [1.29, 1.82) is 0 Å². The molecule has 0 bridgehead atoms. The van der Waals surface area contributed by atoms with Gasteiger partial charge in [0.1, 0.15) is 0 Å². The van der Waals surface area contributed by atoms with Gasteiger partial charge in [0.25, 0.3) is 11.8 Å². The van der Waals surface area contributed by atoms with Crippen molar-refractivity contribution in [2.45, 2.75) is 13.1 Å². The van der Waals surface area contributed by atoms with E-state index < -0.39 is 6.17 Å². The number of thiophene rings is 1. The minimum absolute atomic E-state index is 0.137. The maximum absolute atomic E-state index is 12.9. The van der Waals surface area contributed by atoms with E-state index in [1.165, 1.54) is 0 Å². The largest absolute Gasteiger partial charge is 0.402 e. The third-order valence-electron chi connectivity index (χ3n) is 4.63. The highest BCUT2D eigenvalue weighted by molar-refractivity contribution is 7.15. The van der Waals surface area contributed by atoms with Gasteiger partial charge in [0.15, 0.2) is 0 Å². The molecule has 2 aromatic heterocycles. The SMILES string of the molecule is Cc1ccc(-c2nnc(NC3N=C(c4ccccc4)c4ccccc4NC3=O)o2)s1. The standard InChI is InChI=1S/C22H17N5O2S/c1-13-11-12-17(30-13)21-26-27-22(29-21)25-19-20(28)23-16-10-6-5-9-15(16)18(24-19)14-7-3-2-4-8-14/h2-12,19H,1H3,(H,23,28)(H,25,27). The number of amides is 1. The second-order valence-corrected chi connectivity index (χ2v) is 8.04. The van der Waals surface area contributed by atoms with E-state index in [1.807, 2.05) is 73.7 Å². The van der Waals surface area contributed by atoms with E-state index in [4.69, 9.17) is 9.41 Å². The number of benzodiazepines with no additional fused rings is 1. The maximum atomic E-state index is 12.9.